The number of carbonyl (C=O) groups is 2. The summed E-state index contributed by atoms with van der Waals surface area (Å²) in [5.41, 5.74) is 0.851. The van der Waals surface area contributed by atoms with Gasteiger partial charge in [0.1, 0.15) is 5.82 Å². The summed E-state index contributed by atoms with van der Waals surface area (Å²) < 4.78 is 18.1. The van der Waals surface area contributed by atoms with Gasteiger partial charge in [0.05, 0.1) is 12.3 Å². The first-order valence-corrected chi connectivity index (χ1v) is 6.45. The number of nitrogens with one attached hydrogen (secondary N) is 1. The lowest BCUT2D eigenvalue weighted by atomic mass is 10.1. The van der Waals surface area contributed by atoms with Crippen LogP contribution in [0.25, 0.3) is 6.08 Å². The molecule has 5 heteroatoms. The predicted molar refractivity (Wildman–Crippen MR) is 75.6 cm³/mol. The molecule has 0 heterocycles. The van der Waals surface area contributed by atoms with Crippen molar-refractivity contribution in [3.05, 3.63) is 35.7 Å². The minimum atomic E-state index is -0.462. The molecule has 0 aliphatic carbocycles. The molecule has 1 amide bonds. The summed E-state index contributed by atoms with van der Waals surface area (Å²) in [6, 6.07) is 3.94. The van der Waals surface area contributed by atoms with Crippen LogP contribution in [0.5, 0.6) is 0 Å². The lowest BCUT2D eigenvalue weighted by Gasteiger charge is -2.06. The summed E-state index contributed by atoms with van der Waals surface area (Å²) in [4.78, 5) is 22.5. The van der Waals surface area contributed by atoms with E-state index in [1.807, 2.05) is 6.92 Å². The van der Waals surface area contributed by atoms with Crippen molar-refractivity contribution in [1.82, 2.24) is 0 Å². The van der Waals surface area contributed by atoms with Crippen LogP contribution in [0.2, 0.25) is 0 Å². The van der Waals surface area contributed by atoms with Crippen molar-refractivity contribution in [1.29, 1.82) is 0 Å². The maximum Gasteiger partial charge on any atom is 0.330 e. The molecule has 0 bridgehead atoms. The highest BCUT2D eigenvalue weighted by atomic mass is 19.1. The predicted octanol–water partition coefficient (Wildman–Crippen LogP) is 3.14. The molecule has 0 unspecified atom stereocenters. The molecular weight excluding hydrogens is 261 g/mol. The number of anilines is 1. The molecule has 0 aliphatic rings. The Bertz CT molecular complexity index is 512. The minimum Gasteiger partial charge on any atom is -0.463 e. The SMILES string of the molecule is CCCCOC(=O)/C=C/c1ccc(F)cc1NC(C)=O. The molecule has 0 spiro atoms. The van der Waals surface area contributed by atoms with E-state index in [2.05, 4.69) is 5.32 Å². The average molecular weight is 279 g/mol. The third-order valence-electron chi connectivity index (χ3n) is 2.47. The number of benzene rings is 1. The zero-order chi connectivity index (χ0) is 15.0. The summed E-state index contributed by atoms with van der Waals surface area (Å²) in [7, 11) is 0. The van der Waals surface area contributed by atoms with E-state index in [-0.39, 0.29) is 5.91 Å². The number of amides is 1. The van der Waals surface area contributed by atoms with E-state index in [1.165, 1.54) is 37.3 Å². The van der Waals surface area contributed by atoms with Crippen molar-refractivity contribution in [2.24, 2.45) is 0 Å². The maximum atomic E-state index is 13.1. The van der Waals surface area contributed by atoms with Gasteiger partial charge in [-0.3, -0.25) is 4.79 Å². The van der Waals surface area contributed by atoms with Crippen molar-refractivity contribution in [2.45, 2.75) is 26.7 Å². The summed E-state index contributed by atoms with van der Waals surface area (Å²) in [6.45, 7) is 3.71. The normalized spacial score (nSPS) is 10.6. The number of hydrogen-bond acceptors (Lipinski definition) is 3. The molecule has 108 valence electrons. The molecule has 1 aromatic rings. The Morgan fingerprint density at radius 2 is 2.15 bits per heavy atom. The molecular formula is C15H18FNO3. The van der Waals surface area contributed by atoms with Crippen LogP contribution >= 0.6 is 0 Å². The van der Waals surface area contributed by atoms with Crippen LogP contribution in [-0.2, 0) is 14.3 Å². The Labute approximate surface area is 117 Å². The number of esters is 1. The molecule has 0 saturated heterocycles. The molecule has 1 rings (SSSR count). The smallest absolute Gasteiger partial charge is 0.330 e. The van der Waals surface area contributed by atoms with E-state index in [1.54, 1.807) is 0 Å². The lowest BCUT2D eigenvalue weighted by molar-refractivity contribution is -0.137. The summed E-state index contributed by atoms with van der Waals surface area (Å²) in [5, 5.41) is 2.51. The van der Waals surface area contributed by atoms with Crippen LogP contribution in [0.15, 0.2) is 24.3 Å². The van der Waals surface area contributed by atoms with Crippen molar-refractivity contribution in [2.75, 3.05) is 11.9 Å². The van der Waals surface area contributed by atoms with Crippen LogP contribution in [0.4, 0.5) is 10.1 Å². The zero-order valence-electron chi connectivity index (χ0n) is 11.6. The number of unbranched alkanes of at least 4 members (excludes halogenated alkanes) is 1. The number of ether oxygens (including phenoxy) is 1. The van der Waals surface area contributed by atoms with Gasteiger partial charge in [0.2, 0.25) is 5.91 Å². The Hall–Kier alpha value is -2.17. The van der Waals surface area contributed by atoms with Gasteiger partial charge in [0.15, 0.2) is 0 Å². The van der Waals surface area contributed by atoms with Gasteiger partial charge in [-0.2, -0.15) is 0 Å². The molecule has 0 aromatic heterocycles. The zero-order valence-corrected chi connectivity index (χ0v) is 11.6. The molecule has 0 fully saturated rings. The number of carbonyl (C=O) groups excluding carboxylic acids is 2. The van der Waals surface area contributed by atoms with Crippen LogP contribution in [0.3, 0.4) is 0 Å². The maximum absolute atomic E-state index is 13.1. The third-order valence-corrected chi connectivity index (χ3v) is 2.47. The third kappa shape index (κ3) is 5.65. The highest BCUT2D eigenvalue weighted by Gasteiger charge is 2.04. The van der Waals surface area contributed by atoms with Gasteiger partial charge in [0, 0.05) is 13.0 Å². The fourth-order valence-electron chi connectivity index (χ4n) is 1.49. The molecule has 0 radical (unpaired) electrons. The molecule has 20 heavy (non-hydrogen) atoms. The van der Waals surface area contributed by atoms with Crippen molar-refractivity contribution in [3.63, 3.8) is 0 Å². The standard InChI is InChI=1S/C15H18FNO3/c1-3-4-9-20-15(19)8-6-12-5-7-13(16)10-14(12)17-11(2)18/h5-8,10H,3-4,9H2,1-2H3,(H,17,18)/b8-6+. The van der Waals surface area contributed by atoms with Crippen molar-refractivity contribution >= 4 is 23.6 Å². The average Bonchev–Trinajstić information content (AvgIpc) is 2.37. The molecule has 0 saturated carbocycles. The Morgan fingerprint density at radius 3 is 2.80 bits per heavy atom. The fraction of sp³-hybridized carbons (Fsp3) is 0.333. The topological polar surface area (TPSA) is 55.4 Å². The molecule has 0 atom stereocenters. The number of rotatable bonds is 6. The van der Waals surface area contributed by atoms with Gasteiger partial charge < -0.3 is 10.1 Å². The fourth-order valence-corrected chi connectivity index (χ4v) is 1.49. The van der Waals surface area contributed by atoms with Crippen molar-refractivity contribution < 1.29 is 18.7 Å². The van der Waals surface area contributed by atoms with Gasteiger partial charge in [-0.05, 0) is 36.3 Å². The Morgan fingerprint density at radius 1 is 1.40 bits per heavy atom. The van der Waals surface area contributed by atoms with E-state index in [0.29, 0.717) is 17.9 Å². The van der Waals surface area contributed by atoms with Gasteiger partial charge >= 0.3 is 5.97 Å². The number of hydrogen-bond donors (Lipinski definition) is 1. The quantitative estimate of drug-likeness (QED) is 0.494. The highest BCUT2D eigenvalue weighted by molar-refractivity contribution is 5.93. The van der Waals surface area contributed by atoms with Crippen LogP contribution in [-0.4, -0.2) is 18.5 Å². The molecule has 4 nitrogen and oxygen atoms in total. The van der Waals surface area contributed by atoms with E-state index < -0.39 is 11.8 Å². The van der Waals surface area contributed by atoms with Crippen LogP contribution < -0.4 is 5.32 Å². The van der Waals surface area contributed by atoms with Crippen molar-refractivity contribution in [3.8, 4) is 0 Å². The van der Waals surface area contributed by atoms with Crippen LogP contribution in [0.1, 0.15) is 32.3 Å². The van der Waals surface area contributed by atoms with E-state index in [9.17, 15) is 14.0 Å². The summed E-state index contributed by atoms with van der Waals surface area (Å²) in [6.07, 6.45) is 4.50. The largest absolute Gasteiger partial charge is 0.463 e. The van der Waals surface area contributed by atoms with E-state index in [4.69, 9.17) is 4.74 Å². The summed E-state index contributed by atoms with van der Waals surface area (Å²) in [5.74, 6) is -1.23. The molecule has 0 aliphatic heterocycles. The molecule has 1 aromatic carbocycles. The van der Waals surface area contributed by atoms with Gasteiger partial charge in [-0.15, -0.1) is 0 Å². The van der Waals surface area contributed by atoms with Gasteiger partial charge in [-0.25, -0.2) is 9.18 Å². The Kier molecular flexibility index (Phi) is 6.43. The highest BCUT2D eigenvalue weighted by Crippen LogP contribution is 2.18. The van der Waals surface area contributed by atoms with Crippen LogP contribution in [0, 0.1) is 5.82 Å². The Balaban J connectivity index is 2.75. The second-order valence-electron chi connectivity index (χ2n) is 4.27. The monoisotopic (exact) mass is 279 g/mol. The van der Waals surface area contributed by atoms with Gasteiger partial charge in [-0.1, -0.05) is 13.3 Å². The second-order valence-corrected chi connectivity index (χ2v) is 4.27. The van der Waals surface area contributed by atoms with E-state index >= 15 is 0 Å². The lowest BCUT2D eigenvalue weighted by Crippen LogP contribution is -2.07. The first-order valence-electron chi connectivity index (χ1n) is 6.45. The first kappa shape index (κ1) is 15.9. The van der Waals surface area contributed by atoms with Gasteiger partial charge in [0.25, 0.3) is 0 Å². The first-order chi connectivity index (χ1) is 9.52. The second kappa shape index (κ2) is 8.09. The van der Waals surface area contributed by atoms with E-state index in [0.717, 1.165) is 12.8 Å². The summed E-state index contributed by atoms with van der Waals surface area (Å²) >= 11 is 0. The minimum absolute atomic E-state index is 0.309. The molecule has 1 N–H and O–H groups in total. The number of halogens is 1.